The smallest absolute Gasteiger partial charge is 0.367 e. The van der Waals surface area contributed by atoms with Gasteiger partial charge in [-0.1, -0.05) is 30.9 Å². The van der Waals surface area contributed by atoms with Gasteiger partial charge in [0.05, 0.1) is 11.4 Å². The number of rotatable bonds is 5. The van der Waals surface area contributed by atoms with E-state index in [0.717, 1.165) is 52.6 Å². The molecule has 38 heavy (non-hydrogen) atoms. The van der Waals surface area contributed by atoms with Crippen molar-refractivity contribution < 1.29 is 17.6 Å². The maximum absolute atomic E-state index is 14.7. The van der Waals surface area contributed by atoms with Gasteiger partial charge < -0.3 is 15.5 Å². The highest BCUT2D eigenvalue weighted by atomic mass is 19.4. The number of likely N-dealkylation sites (N-methyl/N-ethyl adjacent to an activating group) is 1. The SMILES string of the molecule is C=C1C=CC(C(=C)Nc2cc(-c3cc(C)ccc3F)ccc2N2CC(C)N(C)C(C)C2)=CN1.CC(F)(F)F. The summed E-state index contributed by atoms with van der Waals surface area (Å²) >= 11 is 0. The fraction of sp³-hybridized carbons (Fsp3) is 0.333. The Morgan fingerprint density at radius 2 is 1.68 bits per heavy atom. The van der Waals surface area contributed by atoms with Gasteiger partial charge >= 0.3 is 6.18 Å². The van der Waals surface area contributed by atoms with Crippen molar-refractivity contribution in [3.63, 3.8) is 0 Å². The van der Waals surface area contributed by atoms with Crippen molar-refractivity contribution >= 4 is 11.4 Å². The maximum atomic E-state index is 14.7. The average Bonchev–Trinajstić information content (AvgIpc) is 2.83. The van der Waals surface area contributed by atoms with Gasteiger partial charge in [-0.15, -0.1) is 0 Å². The van der Waals surface area contributed by atoms with Crippen molar-refractivity contribution in [2.45, 2.75) is 46.0 Å². The Balaban J connectivity index is 0.000000732. The second-order valence-corrected chi connectivity index (χ2v) is 9.97. The van der Waals surface area contributed by atoms with Gasteiger partial charge in [0.1, 0.15) is 5.82 Å². The second-order valence-electron chi connectivity index (χ2n) is 9.97. The third kappa shape index (κ3) is 7.74. The van der Waals surface area contributed by atoms with Gasteiger partial charge in [0.15, 0.2) is 0 Å². The topological polar surface area (TPSA) is 30.5 Å². The summed E-state index contributed by atoms with van der Waals surface area (Å²) < 4.78 is 45.8. The van der Waals surface area contributed by atoms with Crippen LogP contribution in [0.15, 0.2) is 84.9 Å². The van der Waals surface area contributed by atoms with E-state index in [4.69, 9.17) is 0 Å². The summed E-state index contributed by atoms with van der Waals surface area (Å²) in [5, 5.41) is 6.65. The zero-order chi connectivity index (χ0) is 28.2. The molecule has 0 saturated carbocycles. The number of nitrogens with zero attached hydrogens (tertiary/aromatic N) is 2. The van der Waals surface area contributed by atoms with Gasteiger partial charge in [0, 0.05) is 60.8 Å². The molecule has 1 fully saturated rings. The molecule has 2 aliphatic heterocycles. The van der Waals surface area contributed by atoms with Crippen LogP contribution in [0.25, 0.3) is 11.1 Å². The number of aryl methyl sites for hydroxylation is 1. The Morgan fingerprint density at radius 3 is 2.26 bits per heavy atom. The van der Waals surface area contributed by atoms with Gasteiger partial charge in [-0.05, 0) is 69.8 Å². The van der Waals surface area contributed by atoms with Crippen LogP contribution >= 0.6 is 0 Å². The predicted molar refractivity (Wildman–Crippen MR) is 149 cm³/mol. The van der Waals surface area contributed by atoms with Crippen LogP contribution in [0.3, 0.4) is 0 Å². The molecule has 2 aromatic carbocycles. The van der Waals surface area contributed by atoms with Crippen LogP contribution in [0, 0.1) is 12.7 Å². The quantitative estimate of drug-likeness (QED) is 0.397. The molecule has 1 saturated heterocycles. The van der Waals surface area contributed by atoms with Crippen LogP contribution in [-0.4, -0.2) is 43.3 Å². The number of hydrogen-bond acceptors (Lipinski definition) is 4. The number of alkyl halides is 3. The first kappa shape index (κ1) is 29.0. The Kier molecular flexibility index (Phi) is 9.09. The van der Waals surface area contributed by atoms with E-state index < -0.39 is 6.18 Å². The fourth-order valence-corrected chi connectivity index (χ4v) is 4.42. The van der Waals surface area contributed by atoms with Crippen molar-refractivity contribution in [1.82, 2.24) is 10.2 Å². The van der Waals surface area contributed by atoms with Crippen LogP contribution in [0.1, 0.15) is 26.3 Å². The number of anilines is 2. The minimum absolute atomic E-state index is 0.188. The fourth-order valence-electron chi connectivity index (χ4n) is 4.42. The highest BCUT2D eigenvalue weighted by molar-refractivity contribution is 5.80. The number of piperazine rings is 1. The van der Waals surface area contributed by atoms with Gasteiger partial charge in [0.2, 0.25) is 0 Å². The summed E-state index contributed by atoms with van der Waals surface area (Å²) in [6.07, 6.45) is 1.80. The second kappa shape index (κ2) is 11.9. The molecule has 2 unspecified atom stereocenters. The van der Waals surface area contributed by atoms with Crippen LogP contribution in [-0.2, 0) is 0 Å². The first-order chi connectivity index (χ1) is 17.7. The molecule has 2 atom stereocenters. The molecule has 0 radical (unpaired) electrons. The van der Waals surface area contributed by atoms with Crippen molar-refractivity contribution in [1.29, 1.82) is 0 Å². The van der Waals surface area contributed by atoms with Crippen LogP contribution in [0.5, 0.6) is 0 Å². The van der Waals surface area contributed by atoms with Crippen molar-refractivity contribution in [2.24, 2.45) is 0 Å². The van der Waals surface area contributed by atoms with Gasteiger partial charge in [-0.3, -0.25) is 4.90 Å². The first-order valence-electron chi connectivity index (χ1n) is 12.5. The minimum Gasteiger partial charge on any atom is -0.367 e. The molecule has 8 heteroatoms. The number of dihydropyridines is 1. The molecule has 0 amide bonds. The van der Waals surface area contributed by atoms with Crippen molar-refractivity contribution in [3.05, 3.63) is 96.3 Å². The van der Waals surface area contributed by atoms with Crippen LogP contribution in [0.4, 0.5) is 28.9 Å². The van der Waals surface area contributed by atoms with Gasteiger partial charge in [-0.2, -0.15) is 13.2 Å². The monoisotopic (exact) mass is 528 g/mol. The molecule has 0 spiro atoms. The molecule has 0 bridgehead atoms. The van der Waals surface area contributed by atoms with Gasteiger partial charge in [0.25, 0.3) is 0 Å². The molecule has 0 aromatic heterocycles. The molecule has 2 N–H and O–H groups in total. The zero-order valence-corrected chi connectivity index (χ0v) is 22.6. The van der Waals surface area contributed by atoms with E-state index in [0.29, 0.717) is 17.6 Å². The standard InChI is InChI=1S/C28H33FN4.C2H3F3/c1-18-7-11-26(29)25(13-18)23-10-12-28(33-16-20(3)32(6)21(4)17-33)27(14-23)31-22(5)24-9-8-19(2)30-15-24;1-2(3,4)5/h7-15,20-21,30-31H,2,5,16-17H2,1,3-4,6H3;1H3. The molecule has 2 aromatic rings. The third-order valence-electron chi connectivity index (χ3n) is 6.64. The molecule has 0 aliphatic carbocycles. The number of nitrogens with one attached hydrogen (secondary N) is 2. The van der Waals surface area contributed by atoms with E-state index >= 15 is 0 Å². The van der Waals surface area contributed by atoms with Crippen molar-refractivity contribution in [3.8, 4) is 11.1 Å². The summed E-state index contributed by atoms with van der Waals surface area (Å²) in [6, 6.07) is 12.2. The normalized spacial score (nSPS) is 19.8. The van der Waals surface area contributed by atoms with Crippen LogP contribution < -0.4 is 15.5 Å². The van der Waals surface area contributed by atoms with E-state index in [9.17, 15) is 17.6 Å². The largest absolute Gasteiger partial charge is 0.386 e. The molecule has 2 heterocycles. The molecule has 2 aliphatic rings. The molecule has 4 nitrogen and oxygen atoms in total. The third-order valence-corrected chi connectivity index (χ3v) is 6.64. The van der Waals surface area contributed by atoms with Crippen LogP contribution in [0.2, 0.25) is 0 Å². The molecular formula is C30H36F4N4. The van der Waals surface area contributed by atoms with E-state index in [1.165, 1.54) is 6.07 Å². The Morgan fingerprint density at radius 1 is 1.05 bits per heavy atom. The predicted octanol–water partition coefficient (Wildman–Crippen LogP) is 7.38. The molecular weight excluding hydrogens is 492 g/mol. The number of benzene rings is 2. The highest BCUT2D eigenvalue weighted by Crippen LogP contribution is 2.36. The lowest BCUT2D eigenvalue weighted by Gasteiger charge is -2.44. The van der Waals surface area contributed by atoms with E-state index in [2.05, 4.69) is 60.6 Å². The van der Waals surface area contributed by atoms with E-state index in [1.807, 2.05) is 43.5 Å². The minimum atomic E-state index is -4.00. The zero-order valence-electron chi connectivity index (χ0n) is 22.6. The average molecular weight is 529 g/mol. The van der Waals surface area contributed by atoms with Gasteiger partial charge in [-0.25, -0.2) is 4.39 Å². The van der Waals surface area contributed by atoms with E-state index in [1.54, 1.807) is 6.07 Å². The first-order valence-corrected chi connectivity index (χ1v) is 12.5. The highest BCUT2D eigenvalue weighted by Gasteiger charge is 2.28. The molecule has 204 valence electrons. The summed E-state index contributed by atoms with van der Waals surface area (Å²) in [7, 11) is 2.18. The summed E-state index contributed by atoms with van der Waals surface area (Å²) in [5.41, 5.74) is 7.03. The summed E-state index contributed by atoms with van der Waals surface area (Å²) in [6.45, 7) is 16.7. The van der Waals surface area contributed by atoms with Crippen molar-refractivity contribution in [2.75, 3.05) is 30.4 Å². The summed E-state index contributed by atoms with van der Waals surface area (Å²) in [5.74, 6) is -0.222. The Labute approximate surface area is 223 Å². The lowest BCUT2D eigenvalue weighted by atomic mass is 10.00. The number of halogens is 4. The summed E-state index contributed by atoms with van der Waals surface area (Å²) in [4.78, 5) is 4.82. The lowest BCUT2D eigenvalue weighted by molar-refractivity contribution is -0.110. The lowest BCUT2D eigenvalue weighted by Crippen LogP contribution is -2.55. The van der Waals surface area contributed by atoms with E-state index in [-0.39, 0.29) is 12.7 Å². The Bertz CT molecular complexity index is 1230. The number of allylic oxidation sites excluding steroid dienone is 2. The Hall–Kier alpha value is -3.52. The number of hydrogen-bond donors (Lipinski definition) is 2. The molecule has 4 rings (SSSR count). The maximum Gasteiger partial charge on any atom is 0.386 e.